The van der Waals surface area contributed by atoms with E-state index >= 15 is 0 Å². The number of hydrogen-bond donors (Lipinski definition) is 1. The van der Waals surface area contributed by atoms with E-state index in [4.69, 9.17) is 22.1 Å². The Morgan fingerprint density at radius 2 is 1.93 bits per heavy atom. The summed E-state index contributed by atoms with van der Waals surface area (Å²) in [6.45, 7) is 2.20. The number of fused-ring (bicyclic) bond motifs is 1. The first-order chi connectivity index (χ1) is 14.0. The van der Waals surface area contributed by atoms with E-state index in [0.29, 0.717) is 22.9 Å². The van der Waals surface area contributed by atoms with Crippen LogP contribution < -0.4 is 16.0 Å². The van der Waals surface area contributed by atoms with Gasteiger partial charge in [-0.05, 0) is 30.2 Å². The van der Waals surface area contributed by atoms with Crippen LogP contribution in [-0.2, 0) is 6.54 Å². The van der Waals surface area contributed by atoms with Gasteiger partial charge in [-0.1, -0.05) is 54.1 Å². The number of halogens is 1. The van der Waals surface area contributed by atoms with Gasteiger partial charge in [0.25, 0.3) is 5.56 Å². The molecule has 0 saturated carbocycles. The summed E-state index contributed by atoms with van der Waals surface area (Å²) >= 11 is 6.10. The molecule has 0 aliphatic carbocycles. The minimum atomic E-state index is -0.580. The maximum atomic E-state index is 13.6. The Kier molecular flexibility index (Phi) is 4.87. The van der Waals surface area contributed by atoms with Crippen molar-refractivity contribution in [2.75, 3.05) is 0 Å². The molecule has 0 saturated heterocycles. The van der Waals surface area contributed by atoms with E-state index in [1.165, 1.54) is 0 Å². The van der Waals surface area contributed by atoms with E-state index in [1.807, 2.05) is 55.5 Å². The van der Waals surface area contributed by atoms with Crippen LogP contribution in [0, 0.1) is 18.3 Å². The Bertz CT molecular complexity index is 1220. The summed E-state index contributed by atoms with van der Waals surface area (Å²) in [5.41, 5.74) is 8.91. The Labute approximate surface area is 173 Å². The van der Waals surface area contributed by atoms with Gasteiger partial charge in [0.15, 0.2) is 0 Å². The van der Waals surface area contributed by atoms with Crippen molar-refractivity contribution in [3.05, 3.63) is 110 Å². The maximum absolute atomic E-state index is 13.6. The van der Waals surface area contributed by atoms with E-state index in [1.54, 1.807) is 16.7 Å². The van der Waals surface area contributed by atoms with Gasteiger partial charge < -0.3 is 15.0 Å². The van der Waals surface area contributed by atoms with Crippen molar-refractivity contribution in [2.24, 2.45) is 5.73 Å². The predicted molar refractivity (Wildman–Crippen MR) is 112 cm³/mol. The second kappa shape index (κ2) is 7.50. The molecule has 2 N–H and O–H groups in total. The molecule has 5 nitrogen and oxygen atoms in total. The van der Waals surface area contributed by atoms with Crippen molar-refractivity contribution >= 4 is 11.6 Å². The third-order valence-corrected chi connectivity index (χ3v) is 5.29. The molecule has 1 aliphatic heterocycles. The molecule has 144 valence electrons. The molecule has 0 radical (unpaired) electrons. The molecule has 2 heterocycles. The molecule has 1 aromatic heterocycles. The van der Waals surface area contributed by atoms with Gasteiger partial charge in [0.05, 0.1) is 18.0 Å². The molecule has 1 unspecified atom stereocenters. The minimum absolute atomic E-state index is 0.0280. The highest BCUT2D eigenvalue weighted by molar-refractivity contribution is 6.30. The van der Waals surface area contributed by atoms with Crippen molar-refractivity contribution in [2.45, 2.75) is 19.4 Å². The van der Waals surface area contributed by atoms with Crippen molar-refractivity contribution in [1.82, 2.24) is 4.57 Å². The van der Waals surface area contributed by atoms with Crippen LogP contribution in [-0.4, -0.2) is 4.57 Å². The van der Waals surface area contributed by atoms with Crippen LogP contribution in [0.25, 0.3) is 0 Å². The van der Waals surface area contributed by atoms with Gasteiger partial charge in [-0.2, -0.15) is 5.26 Å². The smallest absolute Gasteiger partial charge is 0.259 e. The summed E-state index contributed by atoms with van der Waals surface area (Å²) in [4.78, 5) is 13.6. The van der Waals surface area contributed by atoms with Crippen LogP contribution in [0.3, 0.4) is 0 Å². The molecule has 1 atom stereocenters. The second-order valence-electron chi connectivity index (χ2n) is 6.92. The topological polar surface area (TPSA) is 81.0 Å². The van der Waals surface area contributed by atoms with Crippen LogP contribution in [0.4, 0.5) is 0 Å². The second-order valence-corrected chi connectivity index (χ2v) is 7.36. The fraction of sp³-hybridized carbons (Fsp3) is 0.130. The molecule has 1 aliphatic rings. The third-order valence-electron chi connectivity index (χ3n) is 5.05. The molecular weight excluding hydrogens is 386 g/mol. The molecule has 0 spiro atoms. The summed E-state index contributed by atoms with van der Waals surface area (Å²) in [5.74, 6) is -0.163. The van der Waals surface area contributed by atoms with Crippen LogP contribution in [0.15, 0.2) is 76.9 Å². The highest BCUT2D eigenvalue weighted by Crippen LogP contribution is 2.40. The van der Waals surface area contributed by atoms with E-state index in [-0.39, 0.29) is 17.0 Å². The van der Waals surface area contributed by atoms with Gasteiger partial charge in [0.1, 0.15) is 17.4 Å². The first kappa shape index (κ1) is 18.9. The van der Waals surface area contributed by atoms with Gasteiger partial charge >= 0.3 is 0 Å². The van der Waals surface area contributed by atoms with E-state index in [2.05, 4.69) is 6.07 Å². The van der Waals surface area contributed by atoms with E-state index in [9.17, 15) is 10.1 Å². The predicted octanol–water partition coefficient (Wildman–Crippen LogP) is 4.08. The van der Waals surface area contributed by atoms with Crippen molar-refractivity contribution < 1.29 is 4.74 Å². The lowest BCUT2D eigenvalue weighted by Crippen LogP contribution is -2.33. The number of aryl methyl sites for hydroxylation is 1. The number of nitriles is 1. The van der Waals surface area contributed by atoms with Gasteiger partial charge in [-0.3, -0.25) is 4.79 Å². The number of nitrogens with zero attached hydrogens (tertiary/aromatic N) is 2. The molecule has 3 aromatic rings. The lowest BCUT2D eigenvalue weighted by molar-refractivity contribution is 0.389. The molecule has 6 heteroatoms. The number of ether oxygens (including phenoxy) is 1. The van der Waals surface area contributed by atoms with Crippen molar-refractivity contribution in [3.63, 3.8) is 0 Å². The largest absolute Gasteiger partial charge is 0.440 e. The van der Waals surface area contributed by atoms with Gasteiger partial charge in [0.2, 0.25) is 5.88 Å². The molecule has 4 rings (SSSR count). The average molecular weight is 404 g/mol. The molecular formula is C23H18ClN3O2. The first-order valence-corrected chi connectivity index (χ1v) is 9.48. The summed E-state index contributed by atoms with van der Waals surface area (Å²) in [6.07, 6.45) is 0. The van der Waals surface area contributed by atoms with Crippen LogP contribution in [0.1, 0.15) is 28.3 Å². The van der Waals surface area contributed by atoms with Crippen LogP contribution >= 0.6 is 11.6 Å². The van der Waals surface area contributed by atoms with Gasteiger partial charge in [0, 0.05) is 16.8 Å². The normalized spacial score (nSPS) is 15.4. The zero-order chi connectivity index (χ0) is 20.5. The Balaban J connectivity index is 1.92. The van der Waals surface area contributed by atoms with E-state index < -0.39 is 5.92 Å². The summed E-state index contributed by atoms with van der Waals surface area (Å²) in [7, 11) is 0. The monoisotopic (exact) mass is 403 g/mol. The fourth-order valence-electron chi connectivity index (χ4n) is 3.68. The number of pyridine rings is 1. The summed E-state index contributed by atoms with van der Waals surface area (Å²) in [6, 6.07) is 20.7. The standard InChI is InChI=1S/C23H18ClN3O2/c1-14-10-19-21(23(28)27(14)13-15-6-5-9-17(24)11-15)20(16-7-3-2-4-8-16)18(12-25)22(26)29-19/h2-11,20H,13,26H2,1H3. The number of rotatable bonds is 3. The molecule has 29 heavy (non-hydrogen) atoms. The molecule has 0 bridgehead atoms. The Morgan fingerprint density at radius 3 is 2.62 bits per heavy atom. The number of benzene rings is 2. The quantitative estimate of drug-likeness (QED) is 0.714. The lowest BCUT2D eigenvalue weighted by Gasteiger charge is -2.27. The number of allylic oxidation sites excluding steroid dienone is 1. The highest BCUT2D eigenvalue weighted by atomic mass is 35.5. The zero-order valence-electron chi connectivity index (χ0n) is 15.7. The third kappa shape index (κ3) is 3.39. The Hall–Kier alpha value is -3.49. The number of nitrogens with two attached hydrogens (primary N) is 1. The summed E-state index contributed by atoms with van der Waals surface area (Å²) in [5, 5.41) is 10.3. The number of hydrogen-bond acceptors (Lipinski definition) is 4. The molecule has 0 fully saturated rings. The zero-order valence-corrected chi connectivity index (χ0v) is 16.5. The van der Waals surface area contributed by atoms with Gasteiger partial charge in [-0.25, -0.2) is 0 Å². The fourth-order valence-corrected chi connectivity index (χ4v) is 3.89. The average Bonchev–Trinajstić information content (AvgIpc) is 2.71. The minimum Gasteiger partial charge on any atom is -0.440 e. The van der Waals surface area contributed by atoms with Crippen LogP contribution in [0.5, 0.6) is 5.75 Å². The maximum Gasteiger partial charge on any atom is 0.259 e. The lowest BCUT2D eigenvalue weighted by atomic mass is 9.84. The molecule has 2 aromatic carbocycles. The Morgan fingerprint density at radius 1 is 1.17 bits per heavy atom. The molecule has 0 amide bonds. The first-order valence-electron chi connectivity index (χ1n) is 9.11. The van der Waals surface area contributed by atoms with Gasteiger partial charge in [-0.15, -0.1) is 0 Å². The van der Waals surface area contributed by atoms with E-state index in [0.717, 1.165) is 16.8 Å². The van der Waals surface area contributed by atoms with Crippen LogP contribution in [0.2, 0.25) is 5.02 Å². The summed E-state index contributed by atoms with van der Waals surface area (Å²) < 4.78 is 7.34. The highest BCUT2D eigenvalue weighted by Gasteiger charge is 2.34. The SMILES string of the molecule is Cc1cc2c(c(=O)n1Cc1cccc(Cl)c1)C(c1ccccc1)C(C#N)=C(N)O2. The number of aromatic nitrogens is 1. The van der Waals surface area contributed by atoms with Crippen molar-refractivity contribution in [1.29, 1.82) is 5.26 Å². The van der Waals surface area contributed by atoms with Crippen molar-refractivity contribution in [3.8, 4) is 11.8 Å².